The molecule has 1 atom stereocenters. The first-order valence-corrected chi connectivity index (χ1v) is 8.24. The summed E-state index contributed by atoms with van der Waals surface area (Å²) >= 11 is 2.11. The van der Waals surface area contributed by atoms with Crippen LogP contribution in [0.2, 0.25) is 0 Å². The number of aromatic nitrogens is 3. The van der Waals surface area contributed by atoms with Crippen molar-refractivity contribution < 1.29 is 0 Å². The van der Waals surface area contributed by atoms with Crippen molar-refractivity contribution in [2.45, 2.75) is 50.8 Å². The highest BCUT2D eigenvalue weighted by Gasteiger charge is 2.20. The number of rotatable bonds is 3. The van der Waals surface area contributed by atoms with E-state index in [4.69, 9.17) is 4.98 Å². The molecule has 0 radical (unpaired) electrons. The van der Waals surface area contributed by atoms with E-state index < -0.39 is 0 Å². The molecule has 0 amide bonds. The van der Waals surface area contributed by atoms with E-state index in [-0.39, 0.29) is 0 Å². The van der Waals surface area contributed by atoms with Crippen LogP contribution in [0.25, 0.3) is 11.2 Å². The zero-order valence-corrected chi connectivity index (χ0v) is 12.5. The molecule has 0 spiro atoms. The van der Waals surface area contributed by atoms with Gasteiger partial charge in [-0.15, -0.1) is 0 Å². The van der Waals surface area contributed by atoms with Gasteiger partial charge in [0.2, 0.25) is 0 Å². The molecule has 4 heteroatoms. The minimum Gasteiger partial charge on any atom is -0.310 e. The van der Waals surface area contributed by atoms with Crippen LogP contribution in [0.3, 0.4) is 0 Å². The highest BCUT2D eigenvalue weighted by molar-refractivity contribution is 7.99. The zero-order chi connectivity index (χ0) is 13.2. The second-order valence-corrected chi connectivity index (χ2v) is 6.94. The van der Waals surface area contributed by atoms with E-state index in [0.717, 1.165) is 22.8 Å². The average Bonchev–Trinajstić information content (AvgIpc) is 2.77. The van der Waals surface area contributed by atoms with Gasteiger partial charge in [-0.25, -0.2) is 9.97 Å². The van der Waals surface area contributed by atoms with E-state index in [1.54, 1.807) is 0 Å². The second kappa shape index (κ2) is 5.53. The zero-order valence-electron chi connectivity index (χ0n) is 11.7. The fourth-order valence-electron chi connectivity index (χ4n) is 2.84. The third kappa shape index (κ3) is 2.64. The van der Waals surface area contributed by atoms with Gasteiger partial charge >= 0.3 is 0 Å². The van der Waals surface area contributed by atoms with Crippen molar-refractivity contribution in [1.82, 2.24) is 14.5 Å². The van der Waals surface area contributed by atoms with Crippen molar-refractivity contribution in [3.63, 3.8) is 0 Å². The molecule has 1 saturated heterocycles. The van der Waals surface area contributed by atoms with Crippen LogP contribution in [0, 0.1) is 0 Å². The number of nitrogens with zero attached hydrogens (tertiary/aromatic N) is 3. The van der Waals surface area contributed by atoms with E-state index in [1.165, 1.54) is 30.8 Å². The molecule has 1 unspecified atom stereocenters. The maximum Gasteiger partial charge on any atom is 0.160 e. The third-order valence-electron chi connectivity index (χ3n) is 3.72. The molecule has 1 aliphatic heterocycles. The molecule has 3 heterocycles. The normalized spacial score (nSPS) is 20.3. The monoisotopic (exact) mass is 275 g/mol. The van der Waals surface area contributed by atoms with Crippen LogP contribution < -0.4 is 0 Å². The first kappa shape index (κ1) is 13.0. The summed E-state index contributed by atoms with van der Waals surface area (Å²) in [5, 5.41) is 0.739. The van der Waals surface area contributed by atoms with E-state index in [9.17, 15) is 0 Å². The summed E-state index contributed by atoms with van der Waals surface area (Å²) in [6.45, 7) is 4.43. The van der Waals surface area contributed by atoms with Gasteiger partial charge in [-0.1, -0.05) is 6.42 Å². The van der Waals surface area contributed by atoms with Crippen LogP contribution in [-0.2, 0) is 6.42 Å². The Kier molecular flexibility index (Phi) is 3.78. The summed E-state index contributed by atoms with van der Waals surface area (Å²) in [6.07, 6.45) is 7.03. The molecule has 2 aromatic heterocycles. The summed E-state index contributed by atoms with van der Waals surface area (Å²) in [5.74, 6) is 2.52. The lowest BCUT2D eigenvalue weighted by Gasteiger charge is -2.22. The smallest absolute Gasteiger partial charge is 0.160 e. The van der Waals surface area contributed by atoms with Crippen LogP contribution in [0.5, 0.6) is 0 Å². The minimum atomic E-state index is 0.420. The largest absolute Gasteiger partial charge is 0.310 e. The van der Waals surface area contributed by atoms with Crippen LogP contribution in [0.1, 0.15) is 45.0 Å². The fraction of sp³-hybridized carbons (Fsp3) is 0.600. The number of pyridine rings is 1. The van der Waals surface area contributed by atoms with Crippen molar-refractivity contribution in [3.8, 4) is 0 Å². The summed E-state index contributed by atoms with van der Waals surface area (Å²) < 4.78 is 2.31. The topological polar surface area (TPSA) is 30.7 Å². The molecule has 0 saturated carbocycles. The molecule has 0 N–H and O–H groups in total. The number of imidazole rings is 1. The van der Waals surface area contributed by atoms with Crippen LogP contribution in [-0.4, -0.2) is 25.5 Å². The first-order chi connectivity index (χ1) is 9.25. The highest BCUT2D eigenvalue weighted by Crippen LogP contribution is 2.29. The van der Waals surface area contributed by atoms with Crippen molar-refractivity contribution >= 4 is 22.9 Å². The van der Waals surface area contributed by atoms with Gasteiger partial charge in [0, 0.05) is 23.9 Å². The molecule has 2 aromatic rings. The van der Waals surface area contributed by atoms with Gasteiger partial charge in [-0.05, 0) is 44.6 Å². The number of thioether (sulfide) groups is 1. The first-order valence-electron chi connectivity index (χ1n) is 7.19. The molecule has 0 aromatic carbocycles. The Bertz CT molecular complexity index is 556. The molecular formula is C15H21N3S. The van der Waals surface area contributed by atoms with Gasteiger partial charge in [-0.2, -0.15) is 11.8 Å². The lowest BCUT2D eigenvalue weighted by atomic mass is 10.1. The molecule has 19 heavy (non-hydrogen) atoms. The standard InChI is InChI=1S/C15H21N3S/c1-11(2)18-14(10-12-6-3-4-9-19-12)17-13-7-5-8-16-15(13)18/h5,7-8,11-12H,3-4,6,9-10H2,1-2H3. The molecule has 3 rings (SSSR count). The van der Waals surface area contributed by atoms with Crippen molar-refractivity contribution in [1.29, 1.82) is 0 Å². The van der Waals surface area contributed by atoms with Crippen LogP contribution in [0.15, 0.2) is 18.3 Å². The Morgan fingerprint density at radius 3 is 3.05 bits per heavy atom. The van der Waals surface area contributed by atoms with Gasteiger partial charge in [0.15, 0.2) is 5.65 Å². The third-order valence-corrected chi connectivity index (χ3v) is 5.12. The Hall–Kier alpha value is -1.03. The average molecular weight is 275 g/mol. The maximum absolute atomic E-state index is 4.82. The minimum absolute atomic E-state index is 0.420. The lowest BCUT2D eigenvalue weighted by molar-refractivity contribution is 0.561. The molecule has 3 nitrogen and oxygen atoms in total. The Morgan fingerprint density at radius 2 is 2.32 bits per heavy atom. The van der Waals surface area contributed by atoms with Gasteiger partial charge in [0.25, 0.3) is 0 Å². The molecule has 0 bridgehead atoms. The number of hydrogen-bond acceptors (Lipinski definition) is 3. The van der Waals surface area contributed by atoms with Gasteiger partial charge in [0.1, 0.15) is 11.3 Å². The maximum atomic E-state index is 4.82. The van der Waals surface area contributed by atoms with Crippen molar-refractivity contribution in [2.24, 2.45) is 0 Å². The predicted octanol–water partition coefficient (Wildman–Crippen LogP) is 3.84. The summed E-state index contributed by atoms with van der Waals surface area (Å²) in [7, 11) is 0. The van der Waals surface area contributed by atoms with Crippen molar-refractivity contribution in [3.05, 3.63) is 24.2 Å². The van der Waals surface area contributed by atoms with E-state index in [0.29, 0.717) is 6.04 Å². The fourth-order valence-corrected chi connectivity index (χ4v) is 4.14. The summed E-state index contributed by atoms with van der Waals surface area (Å²) in [5.41, 5.74) is 2.07. The van der Waals surface area contributed by atoms with Crippen LogP contribution in [0.4, 0.5) is 0 Å². The second-order valence-electron chi connectivity index (χ2n) is 5.53. The molecule has 1 aliphatic rings. The molecular weight excluding hydrogens is 254 g/mol. The molecule has 102 valence electrons. The summed E-state index contributed by atoms with van der Waals surface area (Å²) in [4.78, 5) is 9.32. The van der Waals surface area contributed by atoms with Gasteiger partial charge in [-0.3, -0.25) is 0 Å². The van der Waals surface area contributed by atoms with E-state index in [1.807, 2.05) is 12.3 Å². The SMILES string of the molecule is CC(C)n1c(CC2CCCCS2)nc2cccnc21. The van der Waals surface area contributed by atoms with Crippen LogP contribution >= 0.6 is 11.8 Å². The van der Waals surface area contributed by atoms with E-state index >= 15 is 0 Å². The Balaban J connectivity index is 1.95. The van der Waals surface area contributed by atoms with E-state index in [2.05, 4.69) is 41.2 Å². The van der Waals surface area contributed by atoms with Crippen molar-refractivity contribution in [2.75, 3.05) is 5.75 Å². The van der Waals surface area contributed by atoms with Gasteiger partial charge in [0.05, 0.1) is 0 Å². The Labute approximate surface area is 118 Å². The predicted molar refractivity (Wildman–Crippen MR) is 81.7 cm³/mol. The quantitative estimate of drug-likeness (QED) is 0.852. The molecule has 1 fully saturated rings. The summed E-state index contributed by atoms with van der Waals surface area (Å²) in [6, 6.07) is 4.46. The number of hydrogen-bond donors (Lipinski definition) is 0. The van der Waals surface area contributed by atoms with Gasteiger partial charge < -0.3 is 4.57 Å². The lowest BCUT2D eigenvalue weighted by Crippen LogP contribution is -2.17. The Morgan fingerprint density at radius 1 is 1.42 bits per heavy atom. The number of fused-ring (bicyclic) bond motifs is 1. The highest BCUT2D eigenvalue weighted by atomic mass is 32.2. The molecule has 0 aliphatic carbocycles.